The summed E-state index contributed by atoms with van der Waals surface area (Å²) in [7, 11) is 1.57. The average Bonchev–Trinajstić information content (AvgIpc) is 3.09. The fraction of sp³-hybridized carbons (Fsp3) is 0.267. The summed E-state index contributed by atoms with van der Waals surface area (Å²) in [5, 5.41) is 8.42. The zero-order chi connectivity index (χ0) is 15.5. The third-order valence-corrected chi connectivity index (χ3v) is 5.44. The largest absolute Gasteiger partial charge is 0.399 e. The second kappa shape index (κ2) is 6.50. The first-order chi connectivity index (χ1) is 10.7. The summed E-state index contributed by atoms with van der Waals surface area (Å²) in [5.41, 5.74) is 3.21. The lowest BCUT2D eigenvalue weighted by Gasteiger charge is -2.05. The monoisotopic (exact) mass is 332 g/mol. The van der Waals surface area contributed by atoms with Crippen LogP contribution in [-0.4, -0.2) is 33.2 Å². The molecule has 0 aliphatic carbocycles. The van der Waals surface area contributed by atoms with Gasteiger partial charge in [-0.2, -0.15) is 5.10 Å². The van der Waals surface area contributed by atoms with Crippen LogP contribution in [0.5, 0.6) is 0 Å². The molecule has 3 rings (SSSR count). The van der Waals surface area contributed by atoms with Gasteiger partial charge in [0.25, 0.3) is 0 Å². The molecule has 0 bridgehead atoms. The number of benzene rings is 1. The predicted octanol–water partition coefficient (Wildman–Crippen LogP) is 3.55. The Bertz CT molecular complexity index is 805. The van der Waals surface area contributed by atoms with Crippen molar-refractivity contribution in [3.63, 3.8) is 0 Å². The molecule has 2 heterocycles. The van der Waals surface area contributed by atoms with Crippen molar-refractivity contribution in [1.29, 1.82) is 0 Å². The third kappa shape index (κ3) is 3.00. The number of nitrogens with zero attached hydrogens (tertiary/aromatic N) is 4. The topological polar surface area (TPSA) is 51.8 Å². The van der Waals surface area contributed by atoms with E-state index < -0.39 is 0 Å². The van der Waals surface area contributed by atoms with Gasteiger partial charge in [-0.05, 0) is 26.0 Å². The number of hydrogen-bond acceptors (Lipinski definition) is 6. The van der Waals surface area contributed by atoms with Crippen LogP contribution in [-0.2, 0) is 4.84 Å². The van der Waals surface area contributed by atoms with Crippen LogP contribution in [0.25, 0.3) is 4.96 Å². The molecule has 0 atom stereocenters. The molecule has 5 nitrogen and oxygen atoms in total. The maximum Gasteiger partial charge on any atom is 0.212 e. The van der Waals surface area contributed by atoms with E-state index in [4.69, 9.17) is 4.84 Å². The summed E-state index contributed by atoms with van der Waals surface area (Å²) < 4.78 is 1.84. The molecule has 0 aliphatic heterocycles. The molecule has 0 unspecified atom stereocenters. The van der Waals surface area contributed by atoms with E-state index in [0.29, 0.717) is 0 Å². The second-order valence-electron chi connectivity index (χ2n) is 4.79. The maximum atomic E-state index is 5.02. The number of thiazole rings is 1. The highest BCUT2D eigenvalue weighted by Gasteiger charge is 2.16. The molecule has 0 radical (unpaired) electrons. The predicted molar refractivity (Wildman–Crippen MR) is 91.1 cm³/mol. The first kappa shape index (κ1) is 15.1. The maximum absolute atomic E-state index is 5.02. The first-order valence-corrected chi connectivity index (χ1v) is 8.58. The number of fused-ring (bicyclic) bond motifs is 1. The molecule has 7 heteroatoms. The lowest BCUT2D eigenvalue weighted by Crippen LogP contribution is -2.06. The Morgan fingerprint density at radius 3 is 2.77 bits per heavy atom. The molecule has 0 amide bonds. The van der Waals surface area contributed by atoms with Crippen LogP contribution in [0, 0.1) is 13.8 Å². The van der Waals surface area contributed by atoms with E-state index in [0.717, 1.165) is 27.0 Å². The Morgan fingerprint density at radius 2 is 2.09 bits per heavy atom. The molecule has 0 N–H and O–H groups in total. The van der Waals surface area contributed by atoms with Gasteiger partial charge in [-0.25, -0.2) is 9.50 Å². The molecule has 3 aromatic rings. The van der Waals surface area contributed by atoms with Crippen molar-refractivity contribution >= 4 is 33.8 Å². The zero-order valence-electron chi connectivity index (χ0n) is 12.6. The van der Waals surface area contributed by atoms with Crippen molar-refractivity contribution in [2.24, 2.45) is 5.16 Å². The van der Waals surface area contributed by atoms with Gasteiger partial charge in [0.15, 0.2) is 0 Å². The minimum atomic E-state index is 0.738. The van der Waals surface area contributed by atoms with Gasteiger partial charge in [-0.3, -0.25) is 0 Å². The van der Waals surface area contributed by atoms with E-state index in [9.17, 15) is 0 Å². The minimum Gasteiger partial charge on any atom is -0.399 e. The van der Waals surface area contributed by atoms with Crippen molar-refractivity contribution in [3.8, 4) is 0 Å². The van der Waals surface area contributed by atoms with Crippen molar-refractivity contribution in [2.75, 3.05) is 12.9 Å². The van der Waals surface area contributed by atoms with E-state index in [1.807, 2.05) is 11.4 Å². The Balaban J connectivity index is 1.83. The van der Waals surface area contributed by atoms with Crippen LogP contribution in [0.1, 0.15) is 16.1 Å². The van der Waals surface area contributed by atoms with E-state index >= 15 is 0 Å². The number of hydrogen-bond donors (Lipinski definition) is 0. The molecular formula is C15H16N4OS2. The van der Waals surface area contributed by atoms with Gasteiger partial charge in [0.1, 0.15) is 19.1 Å². The van der Waals surface area contributed by atoms with E-state index in [2.05, 4.69) is 46.4 Å². The average molecular weight is 332 g/mol. The van der Waals surface area contributed by atoms with Crippen LogP contribution in [0.4, 0.5) is 0 Å². The number of oxime groups is 1. The van der Waals surface area contributed by atoms with Crippen LogP contribution >= 0.6 is 23.1 Å². The molecule has 22 heavy (non-hydrogen) atoms. The zero-order valence-corrected chi connectivity index (χ0v) is 14.2. The molecule has 0 fully saturated rings. The summed E-state index contributed by atoms with van der Waals surface area (Å²) in [6, 6.07) is 8.48. The molecule has 1 aromatic carbocycles. The molecule has 0 saturated carbocycles. The fourth-order valence-corrected chi connectivity index (χ4v) is 4.02. The molecule has 0 saturated heterocycles. The molecule has 114 valence electrons. The first-order valence-electron chi connectivity index (χ1n) is 6.78. The van der Waals surface area contributed by atoms with Crippen LogP contribution < -0.4 is 0 Å². The third-order valence-electron chi connectivity index (χ3n) is 3.22. The summed E-state index contributed by atoms with van der Waals surface area (Å²) in [6.45, 7) is 4.11. The highest BCUT2D eigenvalue weighted by molar-refractivity contribution is 8.00. The Labute approximate surface area is 137 Å². The molecule has 0 spiro atoms. The molecule has 2 aromatic heterocycles. The second-order valence-corrected chi connectivity index (χ2v) is 6.82. The normalized spacial score (nSPS) is 12.0. The lowest BCUT2D eigenvalue weighted by atomic mass is 10.2. The fourth-order valence-electron chi connectivity index (χ4n) is 2.09. The van der Waals surface area contributed by atoms with Crippen LogP contribution in [0.3, 0.4) is 0 Å². The SMILES string of the molecule is CON=C(CSc1ccc(C)cc1)c1sc2ncnn2c1C. The summed E-state index contributed by atoms with van der Waals surface area (Å²) in [6.07, 6.45) is 1.57. The van der Waals surface area contributed by atoms with Gasteiger partial charge in [0, 0.05) is 10.6 Å². The van der Waals surface area contributed by atoms with Crippen molar-refractivity contribution in [1.82, 2.24) is 14.6 Å². The standard InChI is InChI=1S/C15H16N4OS2/c1-10-4-6-12(7-5-10)21-8-13(18-20-3)14-11(2)19-15(22-14)16-9-17-19/h4-7,9H,8H2,1-3H3. The van der Waals surface area contributed by atoms with Crippen molar-refractivity contribution in [2.45, 2.75) is 18.7 Å². The van der Waals surface area contributed by atoms with Crippen molar-refractivity contribution < 1.29 is 4.84 Å². The van der Waals surface area contributed by atoms with Gasteiger partial charge in [-0.1, -0.05) is 34.2 Å². The van der Waals surface area contributed by atoms with Gasteiger partial charge in [-0.15, -0.1) is 11.8 Å². The number of aryl methyl sites for hydroxylation is 2. The number of rotatable bonds is 5. The van der Waals surface area contributed by atoms with Crippen LogP contribution in [0.15, 0.2) is 40.6 Å². The van der Waals surface area contributed by atoms with Gasteiger partial charge < -0.3 is 4.84 Å². The highest BCUT2D eigenvalue weighted by atomic mass is 32.2. The quantitative estimate of drug-likeness (QED) is 0.407. The minimum absolute atomic E-state index is 0.738. The summed E-state index contributed by atoms with van der Waals surface area (Å²) in [5.74, 6) is 0.738. The van der Waals surface area contributed by atoms with Crippen LogP contribution in [0.2, 0.25) is 0 Å². The molecular weight excluding hydrogens is 316 g/mol. The number of aromatic nitrogens is 3. The van der Waals surface area contributed by atoms with Crippen molar-refractivity contribution in [3.05, 3.63) is 46.7 Å². The molecule has 0 aliphatic rings. The van der Waals surface area contributed by atoms with E-state index in [1.54, 1.807) is 36.5 Å². The smallest absolute Gasteiger partial charge is 0.212 e. The van der Waals surface area contributed by atoms with Gasteiger partial charge >= 0.3 is 0 Å². The lowest BCUT2D eigenvalue weighted by molar-refractivity contribution is 0.213. The van der Waals surface area contributed by atoms with E-state index in [-0.39, 0.29) is 0 Å². The Hall–Kier alpha value is -1.86. The van der Waals surface area contributed by atoms with Gasteiger partial charge in [0.05, 0.1) is 10.6 Å². The number of thioether (sulfide) groups is 1. The van der Waals surface area contributed by atoms with Gasteiger partial charge in [0.2, 0.25) is 4.96 Å². The summed E-state index contributed by atoms with van der Waals surface area (Å²) >= 11 is 3.32. The van der Waals surface area contributed by atoms with E-state index in [1.165, 1.54) is 10.5 Å². The highest BCUT2D eigenvalue weighted by Crippen LogP contribution is 2.25. The Morgan fingerprint density at radius 1 is 1.32 bits per heavy atom. The summed E-state index contributed by atoms with van der Waals surface area (Å²) in [4.78, 5) is 12.4. The Kier molecular flexibility index (Phi) is 4.44.